The molecule has 0 aliphatic rings. The highest BCUT2D eigenvalue weighted by Gasteiger charge is 2.15. The molecule has 0 atom stereocenters. The Kier molecular flexibility index (Phi) is 13.4. The maximum atomic E-state index is 11.2. The van der Waals surface area contributed by atoms with Crippen LogP contribution in [0.5, 0.6) is 0 Å². The van der Waals surface area contributed by atoms with E-state index in [1.807, 2.05) is 18.2 Å². The number of alkyl halides is 3. The van der Waals surface area contributed by atoms with Crippen LogP contribution in [0.15, 0.2) is 42.5 Å². The highest BCUT2D eigenvalue weighted by Crippen LogP contribution is 2.10. The van der Waals surface area contributed by atoms with Gasteiger partial charge in [0.05, 0.1) is 0 Å². The summed E-state index contributed by atoms with van der Waals surface area (Å²) in [5, 5.41) is 0. The van der Waals surface area contributed by atoms with Gasteiger partial charge in [-0.25, -0.2) is 0 Å². The summed E-state index contributed by atoms with van der Waals surface area (Å²) < 4.78 is 31.1. The smallest absolute Gasteiger partial charge is 0.279 e. The highest BCUT2D eigenvalue weighted by atomic mass is 19.4. The second-order valence-corrected chi connectivity index (χ2v) is 4.77. The van der Waals surface area contributed by atoms with Crippen LogP contribution in [-0.4, -0.2) is 29.4 Å². The van der Waals surface area contributed by atoms with Crippen LogP contribution in [0.2, 0.25) is 0 Å². The van der Waals surface area contributed by atoms with E-state index < -0.39 is 6.18 Å². The Morgan fingerprint density at radius 1 is 1.12 bits per heavy atom. The number of nitrogens with zero attached hydrogens (tertiary/aromatic N) is 1. The molecule has 0 radical (unpaired) electrons. The topological polar surface area (TPSA) is 37.4 Å². The van der Waals surface area contributed by atoms with Crippen molar-refractivity contribution in [2.75, 3.05) is 6.54 Å². The van der Waals surface area contributed by atoms with Crippen molar-refractivity contribution in [3.63, 3.8) is 0 Å². The Morgan fingerprint density at radius 3 is 1.83 bits per heavy atom. The minimum absolute atomic E-state index is 0.124. The van der Waals surface area contributed by atoms with Gasteiger partial charge in [-0.1, -0.05) is 48.9 Å². The lowest BCUT2D eigenvalue weighted by atomic mass is 10.2. The number of carbonyl (C=O) groups excluding carboxylic acids is 2. The van der Waals surface area contributed by atoms with E-state index in [1.54, 1.807) is 26.8 Å². The van der Waals surface area contributed by atoms with Gasteiger partial charge in [-0.05, 0) is 26.8 Å². The summed E-state index contributed by atoms with van der Waals surface area (Å²) in [5.41, 5.74) is 1.32. The first-order chi connectivity index (χ1) is 11.1. The number of benzene rings is 1. The number of aryl methyl sites for hydroxylation is 1. The van der Waals surface area contributed by atoms with Crippen molar-refractivity contribution in [1.29, 1.82) is 0 Å². The molecule has 6 heteroatoms. The van der Waals surface area contributed by atoms with Crippen molar-refractivity contribution in [2.24, 2.45) is 0 Å². The molecular weight excluding hydrogens is 319 g/mol. The van der Waals surface area contributed by atoms with E-state index in [1.165, 1.54) is 16.5 Å². The summed E-state index contributed by atoms with van der Waals surface area (Å²) in [5.74, 6) is -0.354. The van der Waals surface area contributed by atoms with Gasteiger partial charge in [0.15, 0.2) is 0 Å². The quantitative estimate of drug-likeness (QED) is 0.730. The van der Waals surface area contributed by atoms with E-state index in [9.17, 15) is 22.8 Å². The van der Waals surface area contributed by atoms with E-state index in [0.29, 0.717) is 13.0 Å². The molecule has 0 spiro atoms. The molecule has 0 fully saturated rings. The molecule has 0 bridgehead atoms. The third-order valence-electron chi connectivity index (χ3n) is 2.44. The number of hydrogen-bond donors (Lipinski definition) is 0. The molecule has 0 heterocycles. The predicted molar refractivity (Wildman–Crippen MR) is 90.4 cm³/mol. The van der Waals surface area contributed by atoms with E-state index in [4.69, 9.17) is 0 Å². The molecular formula is C18H26F3NO2. The van der Waals surface area contributed by atoms with E-state index in [-0.39, 0.29) is 18.7 Å². The zero-order valence-electron chi connectivity index (χ0n) is 14.9. The first-order valence-electron chi connectivity index (χ1n) is 7.62. The zero-order chi connectivity index (χ0) is 19.2. The Labute approximate surface area is 142 Å². The van der Waals surface area contributed by atoms with Gasteiger partial charge in [-0.2, -0.15) is 13.2 Å². The Morgan fingerprint density at radius 2 is 1.58 bits per heavy atom. The lowest BCUT2D eigenvalue weighted by Gasteiger charge is -2.15. The summed E-state index contributed by atoms with van der Waals surface area (Å²) in [7, 11) is 0. The Hall–Kier alpha value is -2.11. The van der Waals surface area contributed by atoms with Gasteiger partial charge in [-0.3, -0.25) is 14.5 Å². The molecule has 136 valence electrons. The van der Waals surface area contributed by atoms with Crippen LogP contribution in [0.25, 0.3) is 0 Å². The van der Waals surface area contributed by atoms with Crippen molar-refractivity contribution in [1.82, 2.24) is 4.90 Å². The number of likely N-dealkylation sites (N-methyl/N-ethyl adjacent to an activating group) is 1. The third kappa shape index (κ3) is 16.3. The zero-order valence-corrected chi connectivity index (χ0v) is 14.9. The van der Waals surface area contributed by atoms with Gasteiger partial charge in [0.2, 0.25) is 5.91 Å². The monoisotopic (exact) mass is 345 g/mol. The minimum Gasteiger partial charge on any atom is -0.279 e. The number of amides is 2. The molecule has 0 aliphatic carbocycles. The molecule has 1 rings (SSSR count). The van der Waals surface area contributed by atoms with Crippen LogP contribution >= 0.6 is 0 Å². The largest absolute Gasteiger partial charge is 0.386 e. The molecule has 1 aromatic carbocycles. The Balaban J connectivity index is 0. The van der Waals surface area contributed by atoms with E-state index in [2.05, 4.69) is 19.1 Å². The summed E-state index contributed by atoms with van der Waals surface area (Å²) in [6, 6.07) is 10.3. The third-order valence-corrected chi connectivity index (χ3v) is 2.44. The molecule has 0 unspecified atom stereocenters. The van der Waals surface area contributed by atoms with Crippen LogP contribution in [0.3, 0.4) is 0 Å². The summed E-state index contributed by atoms with van der Waals surface area (Å²) >= 11 is 0. The number of imide groups is 1. The number of hydrogen-bond acceptors (Lipinski definition) is 2. The molecule has 0 saturated carbocycles. The van der Waals surface area contributed by atoms with Crippen molar-refractivity contribution in [3.8, 4) is 0 Å². The van der Waals surface area contributed by atoms with Crippen LogP contribution < -0.4 is 0 Å². The van der Waals surface area contributed by atoms with Crippen LogP contribution in [0.1, 0.15) is 39.7 Å². The van der Waals surface area contributed by atoms with Crippen molar-refractivity contribution < 1.29 is 22.8 Å². The minimum atomic E-state index is -4.00. The normalized spacial score (nSPS) is 10.2. The summed E-state index contributed by atoms with van der Waals surface area (Å²) in [4.78, 5) is 23.6. The number of allylic oxidation sites excluding steroid dienone is 1. The molecule has 0 aromatic heterocycles. The van der Waals surface area contributed by atoms with Gasteiger partial charge in [0.1, 0.15) is 0 Å². The molecule has 0 N–H and O–H groups in total. The van der Waals surface area contributed by atoms with E-state index >= 15 is 0 Å². The van der Waals surface area contributed by atoms with Crippen molar-refractivity contribution >= 4 is 11.8 Å². The fourth-order valence-corrected chi connectivity index (χ4v) is 1.41. The van der Waals surface area contributed by atoms with Gasteiger partial charge in [0, 0.05) is 19.9 Å². The van der Waals surface area contributed by atoms with E-state index in [0.717, 1.165) is 0 Å². The summed E-state index contributed by atoms with van der Waals surface area (Å²) in [6.07, 6.45) is -0.595. The number of carbonyl (C=O) groups is 2. The standard InChI is InChI=1S/C9H15NO2.C7H8.C2H3F3/c1-4-7-9(12)10(6-3)8(11)5-2;1-7-5-3-2-4-6-7;1-2(3,4)5/h4,7H,5-6H2,1-3H3;2-6H,1H3;1H3/b7-4+;;. The van der Waals surface area contributed by atoms with Gasteiger partial charge in [0.25, 0.3) is 5.91 Å². The average Bonchev–Trinajstić information content (AvgIpc) is 2.48. The van der Waals surface area contributed by atoms with Crippen LogP contribution in [-0.2, 0) is 9.59 Å². The van der Waals surface area contributed by atoms with Crippen molar-refractivity contribution in [2.45, 2.75) is 47.2 Å². The maximum absolute atomic E-state index is 11.2. The van der Waals surface area contributed by atoms with Crippen LogP contribution in [0.4, 0.5) is 13.2 Å². The first kappa shape index (κ1) is 24.1. The fourth-order valence-electron chi connectivity index (χ4n) is 1.41. The number of rotatable bonds is 3. The predicted octanol–water partition coefficient (Wildman–Crippen LogP) is 4.91. The molecule has 2 amide bonds. The second kappa shape index (κ2) is 13.3. The molecule has 0 saturated heterocycles. The SMILES string of the molecule is C/C=C/C(=O)N(CC)C(=O)CC.CC(F)(F)F.Cc1ccccc1. The first-order valence-corrected chi connectivity index (χ1v) is 7.62. The second-order valence-electron chi connectivity index (χ2n) is 4.77. The Bertz CT molecular complexity index is 491. The molecule has 1 aromatic rings. The van der Waals surface area contributed by atoms with Gasteiger partial charge < -0.3 is 0 Å². The average molecular weight is 345 g/mol. The summed E-state index contributed by atoms with van der Waals surface area (Å²) in [6.45, 7) is 7.99. The molecule has 3 nitrogen and oxygen atoms in total. The lowest BCUT2D eigenvalue weighted by molar-refractivity contribution is -0.141. The fraction of sp³-hybridized carbons (Fsp3) is 0.444. The molecule has 0 aliphatic heterocycles. The lowest BCUT2D eigenvalue weighted by Crippen LogP contribution is -2.34. The number of halogens is 3. The van der Waals surface area contributed by atoms with Crippen molar-refractivity contribution in [3.05, 3.63) is 48.0 Å². The molecule has 24 heavy (non-hydrogen) atoms. The van der Waals surface area contributed by atoms with Gasteiger partial charge >= 0.3 is 6.18 Å². The maximum Gasteiger partial charge on any atom is 0.386 e. The highest BCUT2D eigenvalue weighted by molar-refractivity contribution is 6.00. The van der Waals surface area contributed by atoms with Gasteiger partial charge in [-0.15, -0.1) is 0 Å². The van der Waals surface area contributed by atoms with Crippen LogP contribution in [0, 0.1) is 6.92 Å².